The van der Waals surface area contributed by atoms with Gasteiger partial charge in [-0.25, -0.2) is 0 Å². The summed E-state index contributed by atoms with van der Waals surface area (Å²) in [7, 11) is 0. The largest absolute Gasteiger partial charge is 0.465 e. The van der Waals surface area contributed by atoms with Crippen molar-refractivity contribution >= 4 is 49.1 Å². The number of amides is 1. The van der Waals surface area contributed by atoms with Crippen LogP contribution in [0, 0.1) is 22.7 Å². The first kappa shape index (κ1) is 31.2. The van der Waals surface area contributed by atoms with E-state index in [1.807, 2.05) is 34.5 Å². The number of likely N-dealkylation sites (tertiary alicyclic amines) is 1. The van der Waals surface area contributed by atoms with Crippen LogP contribution < -0.4 is 5.73 Å². The van der Waals surface area contributed by atoms with Crippen LogP contribution in [0.15, 0.2) is 41.8 Å². The van der Waals surface area contributed by atoms with Crippen LogP contribution in [-0.2, 0) is 27.2 Å². The molecule has 1 atom stereocenters. The van der Waals surface area contributed by atoms with Gasteiger partial charge in [0.15, 0.2) is 0 Å². The van der Waals surface area contributed by atoms with Crippen molar-refractivity contribution in [3.63, 3.8) is 0 Å². The molecule has 2 heterocycles. The smallest absolute Gasteiger partial charge is 0.312 e. The van der Waals surface area contributed by atoms with E-state index in [4.69, 9.17) is 15.7 Å². The Morgan fingerprint density at radius 3 is 2.41 bits per heavy atom. The summed E-state index contributed by atoms with van der Waals surface area (Å²) in [6.07, 6.45) is 8.12. The minimum absolute atomic E-state index is 0. The zero-order valence-electron chi connectivity index (χ0n) is 21.2. The highest BCUT2D eigenvalue weighted by atomic mass is 35.5. The van der Waals surface area contributed by atoms with Crippen molar-refractivity contribution in [2.75, 3.05) is 19.7 Å². The van der Waals surface area contributed by atoms with E-state index < -0.39 is 11.5 Å². The van der Waals surface area contributed by atoms with Crippen molar-refractivity contribution in [3.05, 3.63) is 57.8 Å². The summed E-state index contributed by atoms with van der Waals surface area (Å²) in [6, 6.07) is 13.0. The third kappa shape index (κ3) is 8.22. The molecule has 202 valence electrons. The molecule has 37 heavy (non-hydrogen) atoms. The van der Waals surface area contributed by atoms with Gasteiger partial charge in [-0.05, 0) is 67.2 Å². The molecule has 0 bridgehead atoms. The van der Waals surface area contributed by atoms with Crippen LogP contribution in [0.5, 0.6) is 0 Å². The van der Waals surface area contributed by atoms with Crippen LogP contribution in [0.2, 0.25) is 0 Å². The molecule has 1 aromatic heterocycles. The summed E-state index contributed by atoms with van der Waals surface area (Å²) in [5, 5.41) is 11.1. The second kappa shape index (κ2) is 14.8. The molecule has 1 saturated heterocycles. The van der Waals surface area contributed by atoms with E-state index in [1.165, 1.54) is 19.3 Å². The predicted molar refractivity (Wildman–Crippen MR) is 154 cm³/mol. The van der Waals surface area contributed by atoms with Crippen molar-refractivity contribution in [2.24, 2.45) is 17.1 Å². The summed E-state index contributed by atoms with van der Waals surface area (Å²) < 4.78 is 5.94. The number of carbonyl (C=O) groups is 2. The molecule has 2 aromatic rings. The zero-order valence-corrected chi connectivity index (χ0v) is 23.8. The summed E-state index contributed by atoms with van der Waals surface area (Å²) in [4.78, 5) is 29.4. The fraction of sp³-hybridized carbons (Fsp3) is 0.536. The third-order valence-corrected chi connectivity index (χ3v) is 8.48. The number of carbonyl (C=O) groups excluding carboxylic acids is 2. The first-order valence-electron chi connectivity index (χ1n) is 12.7. The highest BCUT2D eigenvalue weighted by molar-refractivity contribution is 7.59. The molecule has 0 radical (unpaired) electrons. The number of rotatable bonds is 8. The number of nitrogens with zero attached hydrogens (tertiary/aromatic N) is 2. The summed E-state index contributed by atoms with van der Waals surface area (Å²) >= 11 is 1.61. The van der Waals surface area contributed by atoms with Crippen molar-refractivity contribution in [1.82, 2.24) is 4.90 Å². The molecule has 1 aromatic carbocycles. The van der Waals surface area contributed by atoms with Crippen LogP contribution in [0.4, 0.5) is 0 Å². The van der Waals surface area contributed by atoms with E-state index in [-0.39, 0.29) is 37.8 Å². The summed E-state index contributed by atoms with van der Waals surface area (Å²) in [6.45, 7) is 1.47. The van der Waals surface area contributed by atoms with E-state index in [9.17, 15) is 9.59 Å². The maximum Gasteiger partial charge on any atom is 0.312 e. The van der Waals surface area contributed by atoms with Gasteiger partial charge in [-0.15, -0.1) is 23.7 Å². The van der Waals surface area contributed by atoms with Gasteiger partial charge in [-0.3, -0.25) is 9.59 Å². The fourth-order valence-electron chi connectivity index (χ4n) is 5.36. The lowest BCUT2D eigenvalue weighted by Gasteiger charge is -2.41. The first-order valence-corrected chi connectivity index (χ1v) is 13.6. The highest BCUT2D eigenvalue weighted by Crippen LogP contribution is 2.38. The van der Waals surface area contributed by atoms with Crippen LogP contribution in [0.1, 0.15) is 60.9 Å². The van der Waals surface area contributed by atoms with Crippen molar-refractivity contribution in [2.45, 2.75) is 63.8 Å². The maximum atomic E-state index is 13.5. The Labute approximate surface area is 237 Å². The molecule has 1 aliphatic heterocycles. The Hall–Kier alpha value is -2.05. The van der Waals surface area contributed by atoms with Crippen molar-refractivity contribution in [3.8, 4) is 6.07 Å². The van der Waals surface area contributed by atoms with Gasteiger partial charge in [-0.2, -0.15) is 18.8 Å². The topological polar surface area (TPSA) is 96.4 Å². The Kier molecular flexibility index (Phi) is 12.4. The average molecular weight is 564 g/mol. The van der Waals surface area contributed by atoms with Crippen molar-refractivity contribution in [1.29, 1.82) is 5.26 Å². The third-order valence-electron chi connectivity index (χ3n) is 7.58. The maximum absolute atomic E-state index is 13.5. The molecule has 2 aliphatic rings. The Morgan fingerprint density at radius 1 is 1.14 bits per heavy atom. The molecule has 6 nitrogen and oxygen atoms in total. The number of thiophene rings is 1. The molecule has 0 unspecified atom stereocenters. The molecular weight excluding hydrogens is 526 g/mol. The summed E-state index contributed by atoms with van der Waals surface area (Å²) in [5.41, 5.74) is 7.18. The first-order chi connectivity index (χ1) is 17.0. The van der Waals surface area contributed by atoms with Crippen LogP contribution in [-0.4, -0.2) is 42.5 Å². The van der Waals surface area contributed by atoms with Crippen LogP contribution in [0.3, 0.4) is 0 Å². The van der Waals surface area contributed by atoms with Crippen LogP contribution >= 0.6 is 37.2 Å². The standard InChI is InChI=1S/C28H35N3O3S.ClH.H2S/c29-19-22-10-8-21(9-11-22)18-28(27(33)34-20-23-5-2-1-3-6-23)12-14-31(15-13-28)26(32)25(30)17-24-7-4-16-35-24;;/h4,7-11,16,23,25H,1-3,5-6,12-15,17-18,20,30H2;1H;1H2/t25-;;/m0../s1. The molecule has 9 heteroatoms. The normalized spacial score (nSPS) is 18.0. The molecular formula is C28H38ClN3O3S2. The van der Waals surface area contributed by atoms with E-state index in [1.54, 1.807) is 23.5 Å². The lowest BCUT2D eigenvalue weighted by molar-refractivity contribution is -0.162. The minimum atomic E-state index is -0.669. The molecule has 2 fully saturated rings. The number of hydrogen-bond acceptors (Lipinski definition) is 6. The second-order valence-electron chi connectivity index (χ2n) is 10.1. The van der Waals surface area contributed by atoms with E-state index >= 15 is 0 Å². The Balaban J connectivity index is 0.00000241. The molecule has 1 aliphatic carbocycles. The number of esters is 1. The fourth-order valence-corrected chi connectivity index (χ4v) is 6.13. The second-order valence-corrected chi connectivity index (χ2v) is 11.1. The number of hydrogen-bond donors (Lipinski definition) is 1. The predicted octanol–water partition coefficient (Wildman–Crippen LogP) is 5.00. The van der Waals surface area contributed by atoms with Gasteiger partial charge in [0.2, 0.25) is 5.91 Å². The zero-order chi connectivity index (χ0) is 24.7. The van der Waals surface area contributed by atoms with Gasteiger partial charge >= 0.3 is 5.97 Å². The molecule has 0 spiro atoms. The molecule has 2 N–H and O–H groups in total. The number of nitriles is 1. The van der Waals surface area contributed by atoms with Crippen molar-refractivity contribution < 1.29 is 14.3 Å². The molecule has 4 rings (SSSR count). The molecule has 1 saturated carbocycles. The number of piperidine rings is 1. The van der Waals surface area contributed by atoms with Gasteiger partial charge in [0, 0.05) is 24.4 Å². The van der Waals surface area contributed by atoms with E-state index in [2.05, 4.69) is 6.07 Å². The monoisotopic (exact) mass is 563 g/mol. The number of nitrogens with two attached hydrogens (primary N) is 1. The van der Waals surface area contributed by atoms with Gasteiger partial charge < -0.3 is 15.4 Å². The Bertz CT molecular complexity index is 1030. The SMILES string of the molecule is Cl.N#Cc1ccc(CC2(C(=O)OCC3CCCCC3)CCN(C(=O)[C@@H](N)Cc3cccs3)CC2)cc1.S. The quantitative estimate of drug-likeness (QED) is 0.456. The minimum Gasteiger partial charge on any atom is -0.465 e. The Morgan fingerprint density at radius 2 is 1.81 bits per heavy atom. The number of ether oxygens (including phenoxy) is 1. The lowest BCUT2D eigenvalue weighted by atomic mass is 9.73. The summed E-state index contributed by atoms with van der Waals surface area (Å²) in [5.74, 6) is 0.250. The van der Waals surface area contributed by atoms with Gasteiger partial charge in [0.1, 0.15) is 0 Å². The molecule has 1 amide bonds. The average Bonchev–Trinajstić information content (AvgIpc) is 3.41. The van der Waals surface area contributed by atoms with Crippen LogP contribution in [0.25, 0.3) is 0 Å². The van der Waals surface area contributed by atoms with Gasteiger partial charge in [-0.1, -0.05) is 37.5 Å². The van der Waals surface area contributed by atoms with Gasteiger partial charge in [0.05, 0.1) is 29.7 Å². The number of halogens is 1. The lowest BCUT2D eigenvalue weighted by Crippen LogP contribution is -2.52. The van der Waals surface area contributed by atoms with Gasteiger partial charge in [0.25, 0.3) is 0 Å². The highest BCUT2D eigenvalue weighted by Gasteiger charge is 2.44. The van der Waals surface area contributed by atoms with E-state index in [0.29, 0.717) is 56.9 Å². The van der Waals surface area contributed by atoms with E-state index in [0.717, 1.165) is 23.3 Å². The number of benzene rings is 1.